The number of hydrogen-bond acceptors (Lipinski definition) is 3. The first kappa shape index (κ1) is 21.9. The maximum atomic E-state index is 13.9. The third-order valence-corrected chi connectivity index (χ3v) is 6.48. The highest BCUT2D eigenvalue weighted by Crippen LogP contribution is 2.22. The summed E-state index contributed by atoms with van der Waals surface area (Å²) in [6.07, 6.45) is 10.5. The van der Waals surface area contributed by atoms with Crippen molar-refractivity contribution in [2.24, 2.45) is 0 Å². The molecule has 1 aromatic rings. The maximum absolute atomic E-state index is 13.9. The third kappa shape index (κ3) is 6.33. The fourth-order valence-corrected chi connectivity index (χ4v) is 4.57. The number of benzene rings is 1. The van der Waals surface area contributed by atoms with Gasteiger partial charge >= 0.3 is 6.03 Å². The predicted octanol–water partition coefficient (Wildman–Crippen LogP) is 4.55. The van der Waals surface area contributed by atoms with Crippen LogP contribution in [0.25, 0.3) is 0 Å². The predicted molar refractivity (Wildman–Crippen MR) is 114 cm³/mol. The Morgan fingerprint density at radius 2 is 1.79 bits per heavy atom. The van der Waals surface area contributed by atoms with Gasteiger partial charge in [-0.3, -0.25) is 4.90 Å². The Kier molecular flexibility index (Phi) is 8.16. The van der Waals surface area contributed by atoms with Crippen molar-refractivity contribution in [2.75, 3.05) is 27.2 Å². The standard InChI is InChI=1S/C23H36FN3O2/c1-26(20-8-6-4-3-5-7-9-20)23(28)25-19-12-14-27(15-13-19)17-18-10-11-22(29-2)21(24)16-18/h10-11,16,19-20H,3-9,12-15,17H2,1-2H3,(H,25,28). The zero-order chi connectivity index (χ0) is 20.6. The van der Waals surface area contributed by atoms with Crippen LogP contribution in [0.5, 0.6) is 5.75 Å². The molecular weight excluding hydrogens is 369 g/mol. The van der Waals surface area contributed by atoms with Gasteiger partial charge in [-0.2, -0.15) is 0 Å². The molecule has 2 aliphatic rings. The molecule has 0 bridgehead atoms. The summed E-state index contributed by atoms with van der Waals surface area (Å²) >= 11 is 0. The van der Waals surface area contributed by atoms with Gasteiger partial charge in [-0.25, -0.2) is 9.18 Å². The van der Waals surface area contributed by atoms with Gasteiger partial charge < -0.3 is 15.0 Å². The van der Waals surface area contributed by atoms with Crippen LogP contribution in [-0.4, -0.2) is 55.2 Å². The van der Waals surface area contributed by atoms with Crippen molar-refractivity contribution in [3.05, 3.63) is 29.6 Å². The number of methoxy groups -OCH3 is 1. The summed E-state index contributed by atoms with van der Waals surface area (Å²) in [5, 5.41) is 3.24. The quantitative estimate of drug-likeness (QED) is 0.781. The molecular formula is C23H36FN3O2. The molecule has 0 unspecified atom stereocenters. The lowest BCUT2D eigenvalue weighted by Crippen LogP contribution is -2.50. The highest BCUT2D eigenvalue weighted by Gasteiger charge is 2.25. The monoisotopic (exact) mass is 405 g/mol. The Hall–Kier alpha value is -1.82. The number of carbonyl (C=O) groups is 1. The summed E-state index contributed by atoms with van der Waals surface area (Å²) in [5.41, 5.74) is 0.954. The fraction of sp³-hybridized carbons (Fsp3) is 0.696. The number of hydrogen-bond donors (Lipinski definition) is 1. The van der Waals surface area contributed by atoms with Gasteiger partial charge in [0.2, 0.25) is 0 Å². The summed E-state index contributed by atoms with van der Waals surface area (Å²) in [6.45, 7) is 2.54. The molecule has 0 aromatic heterocycles. The van der Waals surface area contributed by atoms with E-state index in [1.807, 2.05) is 18.0 Å². The molecule has 162 valence electrons. The first-order valence-electron chi connectivity index (χ1n) is 11.1. The van der Waals surface area contributed by atoms with Crippen molar-refractivity contribution in [2.45, 2.75) is 76.4 Å². The number of amides is 2. The smallest absolute Gasteiger partial charge is 0.317 e. The van der Waals surface area contributed by atoms with Gasteiger partial charge in [0.05, 0.1) is 7.11 Å². The van der Waals surface area contributed by atoms with Gasteiger partial charge in [-0.15, -0.1) is 0 Å². The van der Waals surface area contributed by atoms with Gasteiger partial charge in [0, 0.05) is 38.8 Å². The fourth-order valence-electron chi connectivity index (χ4n) is 4.57. The maximum Gasteiger partial charge on any atom is 0.317 e. The Bertz CT molecular complexity index is 654. The number of ether oxygens (including phenoxy) is 1. The molecule has 1 saturated heterocycles. The summed E-state index contributed by atoms with van der Waals surface area (Å²) in [7, 11) is 3.43. The van der Waals surface area contributed by atoms with Crippen LogP contribution >= 0.6 is 0 Å². The SMILES string of the molecule is COc1ccc(CN2CCC(NC(=O)N(C)C3CCCCCCC3)CC2)cc1F. The van der Waals surface area contributed by atoms with Crippen LogP contribution in [0.4, 0.5) is 9.18 Å². The van der Waals surface area contributed by atoms with E-state index in [-0.39, 0.29) is 23.6 Å². The van der Waals surface area contributed by atoms with Gasteiger partial charge in [-0.1, -0.05) is 38.2 Å². The van der Waals surface area contributed by atoms with E-state index in [2.05, 4.69) is 10.2 Å². The number of carbonyl (C=O) groups excluding carboxylic acids is 1. The van der Waals surface area contributed by atoms with Crippen molar-refractivity contribution >= 4 is 6.03 Å². The lowest BCUT2D eigenvalue weighted by molar-refractivity contribution is 0.158. The van der Waals surface area contributed by atoms with Crippen molar-refractivity contribution < 1.29 is 13.9 Å². The first-order chi connectivity index (χ1) is 14.1. The van der Waals surface area contributed by atoms with Crippen molar-refractivity contribution in [3.63, 3.8) is 0 Å². The number of likely N-dealkylation sites (tertiary alicyclic amines) is 1. The topological polar surface area (TPSA) is 44.8 Å². The molecule has 1 aliphatic carbocycles. The van der Waals surface area contributed by atoms with Crippen LogP contribution in [0.15, 0.2) is 18.2 Å². The van der Waals surface area contributed by atoms with Crippen molar-refractivity contribution in [1.29, 1.82) is 0 Å². The molecule has 0 spiro atoms. The van der Waals surface area contributed by atoms with E-state index in [1.165, 1.54) is 39.2 Å². The Morgan fingerprint density at radius 3 is 2.41 bits per heavy atom. The van der Waals surface area contributed by atoms with Crippen LogP contribution < -0.4 is 10.1 Å². The number of piperidine rings is 1. The lowest BCUT2D eigenvalue weighted by atomic mass is 9.96. The van der Waals surface area contributed by atoms with E-state index in [0.29, 0.717) is 6.04 Å². The van der Waals surface area contributed by atoms with E-state index in [9.17, 15) is 9.18 Å². The van der Waals surface area contributed by atoms with Gasteiger partial charge in [0.25, 0.3) is 0 Å². The third-order valence-electron chi connectivity index (χ3n) is 6.48. The summed E-state index contributed by atoms with van der Waals surface area (Å²) in [6, 6.07) is 5.83. The molecule has 1 saturated carbocycles. The summed E-state index contributed by atoms with van der Waals surface area (Å²) in [4.78, 5) is 17.0. The summed E-state index contributed by atoms with van der Waals surface area (Å²) in [5.74, 6) is -0.0343. The van der Waals surface area contributed by atoms with Crippen molar-refractivity contribution in [3.8, 4) is 5.75 Å². The average molecular weight is 406 g/mol. The van der Waals surface area contributed by atoms with Crippen LogP contribution in [0.3, 0.4) is 0 Å². The second-order valence-corrected chi connectivity index (χ2v) is 8.58. The minimum absolute atomic E-state index is 0.0752. The van der Waals surface area contributed by atoms with E-state index < -0.39 is 0 Å². The Balaban J connectivity index is 1.43. The largest absolute Gasteiger partial charge is 0.494 e. The molecule has 5 nitrogen and oxygen atoms in total. The van der Waals surface area contributed by atoms with Crippen LogP contribution in [0.2, 0.25) is 0 Å². The van der Waals surface area contributed by atoms with E-state index in [4.69, 9.17) is 4.74 Å². The highest BCUT2D eigenvalue weighted by molar-refractivity contribution is 5.74. The zero-order valence-corrected chi connectivity index (χ0v) is 18.0. The van der Waals surface area contributed by atoms with Crippen LogP contribution in [0.1, 0.15) is 63.4 Å². The normalized spacial score (nSPS) is 20.0. The van der Waals surface area contributed by atoms with E-state index >= 15 is 0 Å². The molecule has 0 radical (unpaired) electrons. The van der Waals surface area contributed by atoms with Gasteiger partial charge in [-0.05, 0) is 43.4 Å². The Labute approximate surface area is 174 Å². The van der Waals surface area contributed by atoms with E-state index in [1.54, 1.807) is 12.1 Å². The minimum Gasteiger partial charge on any atom is -0.494 e. The summed E-state index contributed by atoms with van der Waals surface area (Å²) < 4.78 is 18.9. The molecule has 3 rings (SSSR count). The molecule has 1 aliphatic heterocycles. The molecule has 1 aromatic carbocycles. The lowest BCUT2D eigenvalue weighted by Gasteiger charge is -2.35. The van der Waals surface area contributed by atoms with Crippen LogP contribution in [-0.2, 0) is 6.54 Å². The second-order valence-electron chi connectivity index (χ2n) is 8.58. The van der Waals surface area contributed by atoms with Crippen molar-refractivity contribution in [1.82, 2.24) is 15.1 Å². The molecule has 0 atom stereocenters. The molecule has 2 amide bonds. The van der Waals surface area contributed by atoms with E-state index in [0.717, 1.165) is 50.9 Å². The first-order valence-corrected chi connectivity index (χ1v) is 11.1. The molecule has 29 heavy (non-hydrogen) atoms. The zero-order valence-electron chi connectivity index (χ0n) is 18.0. The second kappa shape index (κ2) is 10.8. The van der Waals surface area contributed by atoms with Crippen LogP contribution in [0, 0.1) is 5.82 Å². The highest BCUT2D eigenvalue weighted by atomic mass is 19.1. The molecule has 6 heteroatoms. The van der Waals surface area contributed by atoms with Gasteiger partial charge in [0.1, 0.15) is 0 Å². The number of nitrogens with one attached hydrogen (secondary N) is 1. The number of halogens is 1. The number of urea groups is 1. The van der Waals surface area contributed by atoms with Gasteiger partial charge in [0.15, 0.2) is 11.6 Å². The molecule has 1 N–H and O–H groups in total. The molecule has 1 heterocycles. The Morgan fingerprint density at radius 1 is 1.14 bits per heavy atom. The average Bonchev–Trinajstić information content (AvgIpc) is 2.69. The number of rotatable bonds is 5. The molecule has 2 fully saturated rings. The number of nitrogens with zero attached hydrogens (tertiary/aromatic N) is 2. The minimum atomic E-state index is -0.315.